The highest BCUT2D eigenvalue weighted by Crippen LogP contribution is 2.37. The Morgan fingerprint density at radius 2 is 1.41 bits per heavy atom. The molecule has 1 aromatic rings. The number of hydrogen-bond acceptors (Lipinski definition) is 0. The highest BCUT2D eigenvalue weighted by atomic mass is 19.2. The molecule has 0 saturated heterocycles. The van der Waals surface area contributed by atoms with E-state index in [0.717, 1.165) is 29.9 Å². The van der Waals surface area contributed by atoms with Crippen LogP contribution in [-0.2, 0) is 0 Å². The van der Waals surface area contributed by atoms with E-state index in [1.165, 1.54) is 83.1 Å². The fraction of sp³-hybridized carbons (Fsp3) is 0.630. The van der Waals surface area contributed by atoms with Gasteiger partial charge in [-0.2, -0.15) is 0 Å². The number of rotatable bonds is 6. The van der Waals surface area contributed by atoms with Crippen molar-refractivity contribution in [1.29, 1.82) is 0 Å². The molecule has 0 aromatic heterocycles. The second kappa shape index (κ2) is 11.5. The van der Waals surface area contributed by atoms with E-state index < -0.39 is 11.6 Å². The van der Waals surface area contributed by atoms with Crippen molar-refractivity contribution in [3.8, 4) is 11.8 Å². The molecule has 0 unspecified atom stereocenters. The number of halogens is 2. The Morgan fingerprint density at radius 3 is 2.00 bits per heavy atom. The summed E-state index contributed by atoms with van der Waals surface area (Å²) in [7, 11) is 0. The van der Waals surface area contributed by atoms with Crippen LogP contribution in [-0.4, -0.2) is 0 Å². The Bertz CT molecular complexity index is 708. The van der Waals surface area contributed by atoms with Crippen LogP contribution in [0.2, 0.25) is 0 Å². The largest absolute Gasteiger partial charge is 0.204 e. The van der Waals surface area contributed by atoms with E-state index in [1.807, 2.05) is 6.08 Å². The van der Waals surface area contributed by atoms with Crippen LogP contribution in [0.1, 0.15) is 89.5 Å². The second-order valence-electron chi connectivity index (χ2n) is 9.29. The molecular weight excluding hydrogens is 362 g/mol. The van der Waals surface area contributed by atoms with Crippen molar-refractivity contribution >= 4 is 0 Å². The molecular formula is C27H36F2. The van der Waals surface area contributed by atoms with E-state index in [-0.39, 0.29) is 0 Å². The zero-order valence-electron chi connectivity index (χ0n) is 17.9. The summed E-state index contributed by atoms with van der Waals surface area (Å²) >= 11 is 0. The lowest BCUT2D eigenvalue weighted by molar-refractivity contribution is 0.221. The normalized spacial score (nSPS) is 27.6. The van der Waals surface area contributed by atoms with Gasteiger partial charge in [-0.15, -0.1) is 0 Å². The Morgan fingerprint density at radius 1 is 0.828 bits per heavy atom. The van der Waals surface area contributed by atoms with Gasteiger partial charge in [0.25, 0.3) is 0 Å². The maximum atomic E-state index is 13.2. The molecule has 0 nitrogen and oxygen atoms in total. The van der Waals surface area contributed by atoms with Crippen LogP contribution < -0.4 is 0 Å². The molecule has 29 heavy (non-hydrogen) atoms. The summed E-state index contributed by atoms with van der Waals surface area (Å²) in [6, 6.07) is 3.79. The summed E-state index contributed by atoms with van der Waals surface area (Å²) in [5.74, 6) is 7.73. The minimum Gasteiger partial charge on any atom is -0.204 e. The molecule has 0 N–H and O–H groups in total. The minimum absolute atomic E-state index is 0.515. The summed E-state index contributed by atoms with van der Waals surface area (Å²) in [6.45, 7) is 2.32. The van der Waals surface area contributed by atoms with Gasteiger partial charge in [-0.1, -0.05) is 76.2 Å². The molecule has 2 fully saturated rings. The molecule has 2 saturated carbocycles. The van der Waals surface area contributed by atoms with E-state index in [2.05, 4.69) is 24.8 Å². The Kier molecular flexibility index (Phi) is 8.78. The lowest BCUT2D eigenvalue weighted by Crippen LogP contribution is -2.17. The smallest absolute Gasteiger partial charge is 0.160 e. The van der Waals surface area contributed by atoms with Crippen LogP contribution in [0, 0.1) is 47.1 Å². The SMILES string of the molecule is CCCC1CCC(CCC2CCC(/C=C/C#Cc3ccc(F)c(F)c3)CC2)CC1. The van der Waals surface area contributed by atoms with E-state index in [1.54, 1.807) is 0 Å². The highest BCUT2D eigenvalue weighted by Gasteiger charge is 2.23. The Hall–Kier alpha value is -1.62. The summed E-state index contributed by atoms with van der Waals surface area (Å²) < 4.78 is 26.1. The summed E-state index contributed by atoms with van der Waals surface area (Å²) in [6.07, 6.45) is 20.9. The maximum absolute atomic E-state index is 13.2. The molecule has 0 bridgehead atoms. The van der Waals surface area contributed by atoms with Crippen molar-refractivity contribution in [1.82, 2.24) is 0 Å². The number of allylic oxidation sites excluding steroid dienone is 2. The van der Waals surface area contributed by atoms with Gasteiger partial charge in [0.15, 0.2) is 11.6 Å². The second-order valence-corrected chi connectivity index (χ2v) is 9.29. The highest BCUT2D eigenvalue weighted by molar-refractivity contribution is 5.37. The number of hydrogen-bond donors (Lipinski definition) is 0. The molecule has 0 radical (unpaired) electrons. The van der Waals surface area contributed by atoms with Gasteiger partial charge in [0, 0.05) is 5.56 Å². The number of benzene rings is 1. The summed E-state index contributed by atoms with van der Waals surface area (Å²) in [4.78, 5) is 0. The van der Waals surface area contributed by atoms with Gasteiger partial charge in [-0.25, -0.2) is 8.78 Å². The maximum Gasteiger partial charge on any atom is 0.160 e. The van der Waals surface area contributed by atoms with Crippen molar-refractivity contribution in [2.45, 2.75) is 84.0 Å². The van der Waals surface area contributed by atoms with Gasteiger partial charge in [-0.3, -0.25) is 0 Å². The first-order chi connectivity index (χ1) is 14.1. The van der Waals surface area contributed by atoms with Crippen LogP contribution in [0.25, 0.3) is 0 Å². The Labute approximate surface area is 176 Å². The minimum atomic E-state index is -0.840. The van der Waals surface area contributed by atoms with Gasteiger partial charge in [0.05, 0.1) is 0 Å². The van der Waals surface area contributed by atoms with Crippen molar-refractivity contribution in [3.05, 3.63) is 47.5 Å². The average molecular weight is 399 g/mol. The summed E-state index contributed by atoms with van der Waals surface area (Å²) in [5, 5.41) is 0. The fourth-order valence-corrected chi connectivity index (χ4v) is 5.24. The zero-order chi connectivity index (χ0) is 20.5. The quantitative estimate of drug-likeness (QED) is 0.425. The molecule has 2 heteroatoms. The van der Waals surface area contributed by atoms with Gasteiger partial charge in [0.2, 0.25) is 0 Å². The Balaban J connectivity index is 1.33. The average Bonchev–Trinajstić information content (AvgIpc) is 2.74. The molecule has 0 amide bonds. The van der Waals surface area contributed by atoms with Crippen LogP contribution >= 0.6 is 0 Å². The van der Waals surface area contributed by atoms with Crippen LogP contribution in [0.15, 0.2) is 30.4 Å². The monoisotopic (exact) mass is 398 g/mol. The molecule has 0 atom stereocenters. The summed E-state index contributed by atoms with van der Waals surface area (Å²) in [5.41, 5.74) is 0.515. The van der Waals surface area contributed by atoms with Crippen molar-refractivity contribution < 1.29 is 8.78 Å². The fourth-order valence-electron chi connectivity index (χ4n) is 5.24. The molecule has 2 aliphatic carbocycles. The van der Waals surface area contributed by atoms with E-state index in [0.29, 0.717) is 11.5 Å². The van der Waals surface area contributed by atoms with Gasteiger partial charge < -0.3 is 0 Å². The molecule has 2 aliphatic rings. The first kappa shape index (κ1) is 22.1. The van der Waals surface area contributed by atoms with Crippen LogP contribution in [0.4, 0.5) is 8.78 Å². The molecule has 158 valence electrons. The molecule has 0 spiro atoms. The van der Waals surface area contributed by atoms with Gasteiger partial charge >= 0.3 is 0 Å². The molecule has 1 aromatic carbocycles. The van der Waals surface area contributed by atoms with Crippen molar-refractivity contribution in [2.75, 3.05) is 0 Å². The zero-order valence-corrected chi connectivity index (χ0v) is 17.9. The standard InChI is InChI=1S/C27H36F2/c1-2-5-21-8-12-23(13-9-21)16-17-24-14-10-22(11-15-24)6-3-4-7-25-18-19-26(28)27(29)20-25/h3,6,18-24H,2,5,8-17H2,1H3/b6-3+. The molecule has 0 heterocycles. The third-order valence-electron chi connectivity index (χ3n) is 7.13. The van der Waals surface area contributed by atoms with E-state index in [4.69, 9.17) is 0 Å². The molecule has 3 rings (SSSR count). The van der Waals surface area contributed by atoms with Gasteiger partial charge in [-0.05, 0) is 73.6 Å². The van der Waals surface area contributed by atoms with E-state index >= 15 is 0 Å². The van der Waals surface area contributed by atoms with Crippen LogP contribution in [0.5, 0.6) is 0 Å². The van der Waals surface area contributed by atoms with E-state index in [9.17, 15) is 8.78 Å². The first-order valence-electron chi connectivity index (χ1n) is 11.8. The van der Waals surface area contributed by atoms with Crippen LogP contribution in [0.3, 0.4) is 0 Å². The predicted molar refractivity (Wildman–Crippen MR) is 117 cm³/mol. The molecule has 0 aliphatic heterocycles. The first-order valence-corrected chi connectivity index (χ1v) is 11.8. The van der Waals surface area contributed by atoms with Crippen molar-refractivity contribution in [3.63, 3.8) is 0 Å². The third-order valence-corrected chi connectivity index (χ3v) is 7.13. The third kappa shape index (κ3) is 7.29. The lowest BCUT2D eigenvalue weighted by Gasteiger charge is -2.31. The van der Waals surface area contributed by atoms with Crippen molar-refractivity contribution in [2.24, 2.45) is 23.7 Å². The predicted octanol–water partition coefficient (Wildman–Crippen LogP) is 8.07. The lowest BCUT2D eigenvalue weighted by atomic mass is 9.75. The topological polar surface area (TPSA) is 0 Å². The van der Waals surface area contributed by atoms with Gasteiger partial charge in [0.1, 0.15) is 0 Å².